The first-order valence-electron chi connectivity index (χ1n) is 12.7. The molecule has 1 aliphatic heterocycles. The summed E-state index contributed by atoms with van der Waals surface area (Å²) in [5, 5.41) is 7.36. The zero-order valence-electron chi connectivity index (χ0n) is 21.9. The molecule has 0 aliphatic carbocycles. The van der Waals surface area contributed by atoms with Gasteiger partial charge in [0.05, 0.1) is 23.5 Å². The lowest BCUT2D eigenvalue weighted by molar-refractivity contribution is -0.116. The van der Waals surface area contributed by atoms with Gasteiger partial charge in [0.2, 0.25) is 5.91 Å². The van der Waals surface area contributed by atoms with Crippen molar-refractivity contribution in [1.82, 2.24) is 19.8 Å². The number of benzene rings is 2. The van der Waals surface area contributed by atoms with E-state index in [1.54, 1.807) is 24.4 Å². The summed E-state index contributed by atoms with van der Waals surface area (Å²) in [4.78, 5) is 19.5. The van der Waals surface area contributed by atoms with E-state index in [-0.39, 0.29) is 30.1 Å². The van der Waals surface area contributed by atoms with E-state index in [1.807, 2.05) is 42.2 Å². The number of nitrogens with zero attached hydrogens (tertiary/aromatic N) is 3. The first-order chi connectivity index (χ1) is 18.8. The molecule has 2 aromatic carbocycles. The summed E-state index contributed by atoms with van der Waals surface area (Å²) in [6.07, 6.45) is 1.90. The number of amides is 1. The van der Waals surface area contributed by atoms with Gasteiger partial charge in [0.1, 0.15) is 5.82 Å². The van der Waals surface area contributed by atoms with Crippen LogP contribution in [0.1, 0.15) is 46.7 Å². The van der Waals surface area contributed by atoms with E-state index in [0.29, 0.717) is 16.7 Å². The Morgan fingerprint density at radius 3 is 2.62 bits per heavy atom. The van der Waals surface area contributed by atoms with Crippen molar-refractivity contribution in [2.24, 2.45) is 0 Å². The van der Waals surface area contributed by atoms with E-state index in [0.717, 1.165) is 33.9 Å². The number of rotatable bonds is 7. The van der Waals surface area contributed by atoms with Crippen molar-refractivity contribution in [3.05, 3.63) is 112 Å². The van der Waals surface area contributed by atoms with Crippen LogP contribution in [0.3, 0.4) is 0 Å². The van der Waals surface area contributed by atoms with Gasteiger partial charge in [0.15, 0.2) is 5.11 Å². The third-order valence-corrected chi connectivity index (χ3v) is 7.96. The van der Waals surface area contributed by atoms with Crippen molar-refractivity contribution < 1.29 is 9.18 Å². The number of hydrogen-bond donors (Lipinski definition) is 2. The van der Waals surface area contributed by atoms with Crippen molar-refractivity contribution in [2.45, 2.75) is 39.3 Å². The molecule has 0 unspecified atom stereocenters. The second-order valence-corrected chi connectivity index (χ2v) is 10.4. The van der Waals surface area contributed by atoms with Gasteiger partial charge >= 0.3 is 0 Å². The van der Waals surface area contributed by atoms with Crippen LogP contribution in [-0.4, -0.2) is 32.0 Å². The number of aromatic nitrogens is 2. The van der Waals surface area contributed by atoms with Gasteiger partial charge in [0, 0.05) is 41.3 Å². The Labute approximate surface area is 237 Å². The average Bonchev–Trinajstić information content (AvgIpc) is 3.40. The van der Waals surface area contributed by atoms with Gasteiger partial charge in [-0.2, -0.15) is 0 Å². The van der Waals surface area contributed by atoms with Gasteiger partial charge in [-0.05, 0) is 86.6 Å². The standard InChI is InChI=1S/C30H29ClFN5OS/c1-18-17-21(20(3)37(18)26-13-8-9-22(31)19(26)2)29-28(25-12-6-7-15-33-25)35-30(39)36(29)16-14-27(38)34-24-11-5-4-10-23(24)32/h4-13,15,17,28-29H,14,16H2,1-3H3,(H,34,38)(H,35,39)/t28-,29-/m1/s1. The van der Waals surface area contributed by atoms with E-state index in [1.165, 1.54) is 6.07 Å². The fraction of sp³-hybridized carbons (Fsp3) is 0.233. The second kappa shape index (κ2) is 11.2. The van der Waals surface area contributed by atoms with Crippen LogP contribution in [0.4, 0.5) is 10.1 Å². The van der Waals surface area contributed by atoms with E-state index in [4.69, 9.17) is 23.8 Å². The maximum absolute atomic E-state index is 14.1. The van der Waals surface area contributed by atoms with Crippen molar-refractivity contribution in [1.29, 1.82) is 0 Å². The van der Waals surface area contributed by atoms with Gasteiger partial charge in [-0.15, -0.1) is 0 Å². The van der Waals surface area contributed by atoms with Crippen molar-refractivity contribution >= 4 is 40.5 Å². The molecule has 4 aromatic rings. The third kappa shape index (κ3) is 5.27. The second-order valence-electron chi connectivity index (χ2n) is 9.64. The van der Waals surface area contributed by atoms with E-state index >= 15 is 0 Å². The number of aryl methyl sites for hydroxylation is 1. The number of halogens is 2. The molecule has 1 saturated heterocycles. The number of para-hydroxylation sites is 1. The van der Waals surface area contributed by atoms with Crippen LogP contribution in [0.15, 0.2) is 72.9 Å². The maximum Gasteiger partial charge on any atom is 0.226 e. The van der Waals surface area contributed by atoms with Crippen LogP contribution in [0, 0.1) is 26.6 Å². The molecule has 3 heterocycles. The molecule has 2 N–H and O–H groups in total. The van der Waals surface area contributed by atoms with Gasteiger partial charge in [-0.3, -0.25) is 9.78 Å². The summed E-state index contributed by atoms with van der Waals surface area (Å²) in [6.45, 7) is 6.52. The zero-order chi connectivity index (χ0) is 27.7. The summed E-state index contributed by atoms with van der Waals surface area (Å²) < 4.78 is 16.3. The van der Waals surface area contributed by atoms with Crippen LogP contribution in [0.5, 0.6) is 0 Å². The van der Waals surface area contributed by atoms with Gasteiger partial charge < -0.3 is 20.1 Å². The fourth-order valence-corrected chi connectivity index (χ4v) is 5.78. The van der Waals surface area contributed by atoms with Gasteiger partial charge in [-0.25, -0.2) is 4.39 Å². The van der Waals surface area contributed by atoms with E-state index in [9.17, 15) is 9.18 Å². The number of carbonyl (C=O) groups is 1. The average molecular weight is 562 g/mol. The monoisotopic (exact) mass is 561 g/mol. The van der Waals surface area contributed by atoms with Crippen LogP contribution in [-0.2, 0) is 4.79 Å². The largest absolute Gasteiger partial charge is 0.352 e. The lowest BCUT2D eigenvalue weighted by Crippen LogP contribution is -2.33. The molecule has 200 valence electrons. The van der Waals surface area contributed by atoms with Crippen molar-refractivity contribution in [3.8, 4) is 5.69 Å². The predicted molar refractivity (Wildman–Crippen MR) is 157 cm³/mol. The minimum atomic E-state index is -0.471. The molecule has 9 heteroatoms. The lowest BCUT2D eigenvalue weighted by Gasteiger charge is -2.28. The smallest absolute Gasteiger partial charge is 0.226 e. The molecule has 0 bridgehead atoms. The third-order valence-electron chi connectivity index (χ3n) is 7.19. The van der Waals surface area contributed by atoms with Crippen LogP contribution in [0.2, 0.25) is 5.02 Å². The summed E-state index contributed by atoms with van der Waals surface area (Å²) in [5.74, 6) is -0.760. The molecule has 0 radical (unpaired) electrons. The highest BCUT2D eigenvalue weighted by atomic mass is 35.5. The summed E-state index contributed by atoms with van der Waals surface area (Å²) in [5.41, 5.74) is 6.21. The van der Waals surface area contributed by atoms with Gasteiger partial charge in [0.25, 0.3) is 0 Å². The number of nitrogens with one attached hydrogen (secondary N) is 2. The summed E-state index contributed by atoms with van der Waals surface area (Å²) in [6, 6.07) is 19.6. The molecule has 2 aromatic heterocycles. The molecular weight excluding hydrogens is 533 g/mol. The Hall–Kier alpha value is -3.75. The molecule has 1 amide bonds. The molecule has 2 atom stereocenters. The van der Waals surface area contributed by atoms with Crippen LogP contribution in [0.25, 0.3) is 5.69 Å². The normalized spacial score (nSPS) is 16.8. The minimum Gasteiger partial charge on any atom is -0.352 e. The Bertz CT molecular complexity index is 1540. The first-order valence-corrected chi connectivity index (χ1v) is 13.5. The number of hydrogen-bond acceptors (Lipinski definition) is 3. The number of anilines is 1. The molecule has 39 heavy (non-hydrogen) atoms. The summed E-state index contributed by atoms with van der Waals surface area (Å²) in [7, 11) is 0. The highest BCUT2D eigenvalue weighted by molar-refractivity contribution is 7.80. The van der Waals surface area contributed by atoms with E-state index < -0.39 is 5.82 Å². The van der Waals surface area contributed by atoms with E-state index in [2.05, 4.69) is 46.2 Å². The highest BCUT2D eigenvalue weighted by Crippen LogP contribution is 2.42. The molecule has 0 spiro atoms. The van der Waals surface area contributed by atoms with Crippen molar-refractivity contribution in [2.75, 3.05) is 11.9 Å². The number of carbonyl (C=O) groups excluding carboxylic acids is 1. The SMILES string of the molecule is Cc1c(Cl)cccc1-n1c(C)cc([C@@H]2[C@@H](c3ccccn3)NC(=S)N2CCC(=O)Nc2ccccc2F)c1C. The Morgan fingerprint density at radius 2 is 1.87 bits per heavy atom. The highest BCUT2D eigenvalue weighted by Gasteiger charge is 2.41. The minimum absolute atomic E-state index is 0.133. The maximum atomic E-state index is 14.1. The van der Waals surface area contributed by atoms with Crippen molar-refractivity contribution in [3.63, 3.8) is 0 Å². The number of thiocarbonyl (C=S) groups is 1. The Kier molecular flexibility index (Phi) is 7.68. The van der Waals surface area contributed by atoms with Crippen LogP contribution >= 0.6 is 23.8 Å². The fourth-order valence-electron chi connectivity index (χ4n) is 5.28. The summed E-state index contributed by atoms with van der Waals surface area (Å²) >= 11 is 12.3. The Balaban J connectivity index is 1.50. The molecule has 0 saturated carbocycles. The quantitative estimate of drug-likeness (QED) is 0.249. The van der Waals surface area contributed by atoms with Gasteiger partial charge in [-0.1, -0.05) is 35.9 Å². The molecule has 1 fully saturated rings. The topological polar surface area (TPSA) is 62.2 Å². The van der Waals surface area contributed by atoms with Crippen LogP contribution < -0.4 is 10.6 Å². The zero-order valence-corrected chi connectivity index (χ0v) is 23.5. The molecular formula is C30H29ClFN5OS. The molecule has 6 nitrogen and oxygen atoms in total. The first kappa shape index (κ1) is 26.8. The molecule has 1 aliphatic rings. The lowest BCUT2D eigenvalue weighted by atomic mass is 9.96. The Morgan fingerprint density at radius 1 is 1.10 bits per heavy atom. The number of pyridine rings is 1. The molecule has 5 rings (SSSR count). The predicted octanol–water partition coefficient (Wildman–Crippen LogP) is 6.59.